The number of nitrogens with zero attached hydrogens (tertiary/aromatic N) is 3. The monoisotopic (exact) mass is 420 g/mol. The Kier molecular flexibility index (Phi) is 5.84. The molecule has 0 saturated carbocycles. The number of benzene rings is 2. The number of hydrogen-bond acceptors (Lipinski definition) is 3. The molecule has 2 aromatic carbocycles. The molecule has 1 amide bonds. The van der Waals surface area contributed by atoms with E-state index in [1.165, 1.54) is 22.4 Å². The third-order valence-corrected chi connectivity index (χ3v) is 5.44. The number of fused-ring (bicyclic) bond motifs is 3. The summed E-state index contributed by atoms with van der Waals surface area (Å²) in [7, 11) is 0. The van der Waals surface area contributed by atoms with E-state index < -0.39 is 0 Å². The van der Waals surface area contributed by atoms with Crippen LogP contribution >= 0.6 is 0 Å². The average Bonchev–Trinajstić information content (AvgIpc) is 3.14. The van der Waals surface area contributed by atoms with Gasteiger partial charge in [0.15, 0.2) is 0 Å². The highest BCUT2D eigenvalue weighted by Gasteiger charge is 2.16. The van der Waals surface area contributed by atoms with Crippen LogP contribution in [0, 0.1) is 5.82 Å². The zero-order valence-corrected chi connectivity index (χ0v) is 17.6. The van der Waals surface area contributed by atoms with Gasteiger partial charge in [-0.15, -0.1) is 0 Å². The smallest absolute Gasteiger partial charge is 0.291 e. The van der Waals surface area contributed by atoms with Gasteiger partial charge in [-0.2, -0.15) is 5.10 Å². The summed E-state index contributed by atoms with van der Waals surface area (Å²) in [6, 6.07) is 16.1. The molecule has 160 valence electrons. The molecule has 0 aliphatic heterocycles. The second-order valence-electron chi connectivity index (χ2n) is 7.79. The van der Waals surface area contributed by atoms with Crippen LogP contribution in [0.25, 0.3) is 16.4 Å². The molecule has 0 unspecified atom stereocenters. The zero-order valence-electron chi connectivity index (χ0n) is 17.6. The van der Waals surface area contributed by atoms with Gasteiger partial charge in [-0.1, -0.05) is 37.3 Å². The summed E-state index contributed by atoms with van der Waals surface area (Å²) in [5, 5.41) is 8.00. The van der Waals surface area contributed by atoms with Gasteiger partial charge in [-0.05, 0) is 49.6 Å². The van der Waals surface area contributed by atoms with Gasteiger partial charge in [0.2, 0.25) is 5.91 Å². The highest BCUT2D eigenvalue weighted by Crippen LogP contribution is 2.20. The van der Waals surface area contributed by atoms with Crippen molar-refractivity contribution in [3.63, 3.8) is 0 Å². The molecule has 6 nitrogen and oxygen atoms in total. The number of nitrogens with one attached hydrogen (secondary N) is 1. The molecule has 0 saturated heterocycles. The van der Waals surface area contributed by atoms with Gasteiger partial charge in [0, 0.05) is 17.8 Å². The van der Waals surface area contributed by atoms with E-state index >= 15 is 0 Å². The molecule has 1 atom stereocenters. The van der Waals surface area contributed by atoms with Crippen molar-refractivity contribution in [3.8, 4) is 0 Å². The lowest BCUT2D eigenvalue weighted by Crippen LogP contribution is -2.39. The van der Waals surface area contributed by atoms with Gasteiger partial charge >= 0.3 is 0 Å². The van der Waals surface area contributed by atoms with Crippen LogP contribution in [-0.4, -0.2) is 26.1 Å². The zero-order chi connectivity index (χ0) is 22.0. The molecule has 0 radical (unpaired) electrons. The van der Waals surface area contributed by atoms with E-state index in [1.54, 1.807) is 16.5 Å². The van der Waals surface area contributed by atoms with Crippen LogP contribution in [-0.2, 0) is 24.2 Å². The second-order valence-corrected chi connectivity index (χ2v) is 7.79. The van der Waals surface area contributed by atoms with Crippen LogP contribution < -0.4 is 10.9 Å². The number of hydrogen-bond donors (Lipinski definition) is 1. The first-order valence-electron chi connectivity index (χ1n) is 10.5. The predicted octanol–water partition coefficient (Wildman–Crippen LogP) is 3.49. The molecule has 0 fully saturated rings. The van der Waals surface area contributed by atoms with Gasteiger partial charge in [-0.3, -0.25) is 14.0 Å². The van der Waals surface area contributed by atoms with Crippen molar-refractivity contribution in [2.24, 2.45) is 0 Å². The fourth-order valence-electron chi connectivity index (χ4n) is 3.88. The maximum Gasteiger partial charge on any atom is 0.291 e. The van der Waals surface area contributed by atoms with Crippen LogP contribution in [0.15, 0.2) is 59.4 Å². The fourth-order valence-corrected chi connectivity index (χ4v) is 3.88. The van der Waals surface area contributed by atoms with E-state index in [-0.39, 0.29) is 29.9 Å². The van der Waals surface area contributed by atoms with Crippen LogP contribution in [0.2, 0.25) is 0 Å². The van der Waals surface area contributed by atoms with E-state index in [1.807, 2.05) is 32.0 Å². The first-order valence-corrected chi connectivity index (χ1v) is 10.5. The highest BCUT2D eigenvalue weighted by molar-refractivity contribution is 5.87. The molecule has 0 bridgehead atoms. The molecule has 0 spiro atoms. The van der Waals surface area contributed by atoms with Gasteiger partial charge in [0.1, 0.15) is 23.7 Å². The summed E-state index contributed by atoms with van der Waals surface area (Å²) in [4.78, 5) is 25.6. The van der Waals surface area contributed by atoms with Crippen molar-refractivity contribution in [3.05, 3.63) is 82.2 Å². The summed E-state index contributed by atoms with van der Waals surface area (Å²) in [6.45, 7) is 3.72. The van der Waals surface area contributed by atoms with Crippen LogP contribution in [0.5, 0.6) is 0 Å². The summed E-state index contributed by atoms with van der Waals surface area (Å²) in [6.07, 6.45) is 2.22. The Balaban J connectivity index is 1.53. The topological polar surface area (TPSA) is 68.4 Å². The van der Waals surface area contributed by atoms with Gasteiger partial charge in [0.25, 0.3) is 5.56 Å². The van der Waals surface area contributed by atoms with Crippen molar-refractivity contribution >= 4 is 22.3 Å². The number of aryl methyl sites for hydroxylation is 2. The van der Waals surface area contributed by atoms with E-state index in [2.05, 4.69) is 22.5 Å². The second kappa shape index (κ2) is 8.71. The summed E-state index contributed by atoms with van der Waals surface area (Å²) < 4.78 is 16.6. The number of carbonyl (C=O) groups is 1. The van der Waals surface area contributed by atoms with Gasteiger partial charge < -0.3 is 5.32 Å². The molecule has 31 heavy (non-hydrogen) atoms. The fraction of sp³-hybridized carbons (Fsp3) is 0.292. The largest absolute Gasteiger partial charge is 0.352 e. The normalized spacial score (nSPS) is 12.4. The first kappa shape index (κ1) is 20.8. The summed E-state index contributed by atoms with van der Waals surface area (Å²) in [5.41, 5.74) is 1.96. The average molecular weight is 420 g/mol. The molecule has 7 heteroatoms. The Morgan fingerprint density at radius 1 is 1.13 bits per heavy atom. The minimum absolute atomic E-state index is 0.0309. The van der Waals surface area contributed by atoms with E-state index in [0.717, 1.165) is 18.4 Å². The lowest BCUT2D eigenvalue weighted by Gasteiger charge is -2.15. The number of halogens is 1. The highest BCUT2D eigenvalue weighted by atomic mass is 19.1. The minimum atomic E-state index is -0.374. The van der Waals surface area contributed by atoms with E-state index in [4.69, 9.17) is 0 Å². The molecular formula is C24H25FN4O2. The minimum Gasteiger partial charge on any atom is -0.352 e. The van der Waals surface area contributed by atoms with Crippen LogP contribution in [0.3, 0.4) is 0 Å². The Morgan fingerprint density at radius 2 is 1.90 bits per heavy atom. The Bertz CT molecular complexity index is 1290. The molecule has 2 heterocycles. The lowest BCUT2D eigenvalue weighted by molar-refractivity contribution is -0.122. The Morgan fingerprint density at radius 3 is 2.65 bits per heavy atom. The lowest BCUT2D eigenvalue weighted by atomic mass is 10.1. The van der Waals surface area contributed by atoms with Crippen LogP contribution in [0.1, 0.15) is 31.7 Å². The van der Waals surface area contributed by atoms with E-state index in [0.29, 0.717) is 23.1 Å². The standard InChI is InChI=1S/C24H25FN4O2/c1-3-22-27-28(15-23(30)26-16(2)9-10-17-7-5-4-6-8-17)24(31)21-14-18-13-19(25)11-12-20(18)29(21)22/h4-8,11-14,16H,3,9-10,15H2,1-2H3,(H,26,30)/t16-/m0/s1. The van der Waals surface area contributed by atoms with Crippen molar-refractivity contribution in [1.29, 1.82) is 0 Å². The summed E-state index contributed by atoms with van der Waals surface area (Å²) in [5.74, 6) is 0.0171. The number of amides is 1. The Labute approximate surface area is 179 Å². The van der Waals surface area contributed by atoms with Crippen molar-refractivity contribution < 1.29 is 9.18 Å². The van der Waals surface area contributed by atoms with Crippen LogP contribution in [0.4, 0.5) is 4.39 Å². The van der Waals surface area contributed by atoms with Gasteiger partial charge in [-0.25, -0.2) is 9.07 Å². The number of aromatic nitrogens is 3. The maximum atomic E-state index is 13.6. The first-order chi connectivity index (χ1) is 15.0. The molecular weight excluding hydrogens is 395 g/mol. The summed E-state index contributed by atoms with van der Waals surface area (Å²) >= 11 is 0. The SMILES string of the molecule is CCc1nn(CC(=O)N[C@@H](C)CCc2ccccc2)c(=O)c2cc3cc(F)ccc3n12. The Hall–Kier alpha value is -3.48. The third-order valence-electron chi connectivity index (χ3n) is 5.44. The van der Waals surface area contributed by atoms with Gasteiger partial charge in [0.05, 0.1) is 5.52 Å². The van der Waals surface area contributed by atoms with E-state index in [9.17, 15) is 14.0 Å². The van der Waals surface area contributed by atoms with Crippen molar-refractivity contribution in [2.45, 2.75) is 45.7 Å². The van der Waals surface area contributed by atoms with Crippen molar-refractivity contribution in [2.75, 3.05) is 0 Å². The predicted molar refractivity (Wildman–Crippen MR) is 119 cm³/mol. The molecule has 1 N–H and O–H groups in total. The third kappa shape index (κ3) is 4.35. The molecule has 2 aromatic heterocycles. The molecule has 4 rings (SSSR count). The number of carbonyl (C=O) groups excluding carboxylic acids is 1. The maximum absolute atomic E-state index is 13.6. The molecule has 4 aromatic rings. The van der Waals surface area contributed by atoms with Crippen molar-refractivity contribution in [1.82, 2.24) is 19.5 Å². The quantitative estimate of drug-likeness (QED) is 0.498. The number of rotatable bonds is 7. The molecule has 0 aliphatic carbocycles. The molecule has 0 aliphatic rings.